The Morgan fingerprint density at radius 3 is 2.62 bits per heavy atom. The fraction of sp³-hybridized carbons (Fsp3) is 0.579. The molecule has 0 saturated carbocycles. The number of halogens is 1. The molecular formula is C19H31IN4O4S. The van der Waals surface area contributed by atoms with Crippen molar-refractivity contribution in [1.82, 2.24) is 16.0 Å². The van der Waals surface area contributed by atoms with Crippen LogP contribution in [0.2, 0.25) is 0 Å². The molecule has 0 aliphatic carbocycles. The lowest BCUT2D eigenvalue weighted by atomic mass is 10.1. The number of hydrogen-bond acceptors (Lipinski definition) is 5. The first-order valence-electron chi connectivity index (χ1n) is 9.41. The van der Waals surface area contributed by atoms with E-state index in [0.29, 0.717) is 25.5 Å². The van der Waals surface area contributed by atoms with Gasteiger partial charge in [-0.1, -0.05) is 12.1 Å². The standard InChI is InChI=1S/C19H30N4O4S.HI/c1-14-4-5-15(12-17(14)27-3)6-9-21-19(20-2)22-10-7-18(24)23-16-8-11-28(25,26)13-16;/h4-5,12,16H,6-11,13H2,1-3H3,(H,23,24)(H2,20,21,22);1H. The molecule has 1 fully saturated rings. The third kappa shape index (κ3) is 8.77. The van der Waals surface area contributed by atoms with Gasteiger partial charge in [-0.3, -0.25) is 9.79 Å². The predicted molar refractivity (Wildman–Crippen MR) is 126 cm³/mol. The highest BCUT2D eigenvalue weighted by atomic mass is 127. The number of nitrogens with one attached hydrogen (secondary N) is 3. The van der Waals surface area contributed by atoms with Crippen molar-refractivity contribution in [3.63, 3.8) is 0 Å². The van der Waals surface area contributed by atoms with E-state index in [-0.39, 0.29) is 53.9 Å². The van der Waals surface area contributed by atoms with Crippen molar-refractivity contribution in [3.05, 3.63) is 29.3 Å². The summed E-state index contributed by atoms with van der Waals surface area (Å²) in [5, 5.41) is 9.09. The molecule has 0 aromatic heterocycles. The molecule has 1 aliphatic heterocycles. The van der Waals surface area contributed by atoms with Crippen LogP contribution in [0.1, 0.15) is 24.0 Å². The highest BCUT2D eigenvalue weighted by molar-refractivity contribution is 14.0. The number of guanidine groups is 1. The summed E-state index contributed by atoms with van der Waals surface area (Å²) in [6.07, 6.45) is 1.56. The van der Waals surface area contributed by atoms with Crippen molar-refractivity contribution in [1.29, 1.82) is 0 Å². The van der Waals surface area contributed by atoms with Crippen molar-refractivity contribution in [2.45, 2.75) is 32.2 Å². The van der Waals surface area contributed by atoms with E-state index in [1.165, 1.54) is 0 Å². The summed E-state index contributed by atoms with van der Waals surface area (Å²) in [6.45, 7) is 3.12. The summed E-state index contributed by atoms with van der Waals surface area (Å²) in [5.41, 5.74) is 2.27. The lowest BCUT2D eigenvalue weighted by molar-refractivity contribution is -0.121. The van der Waals surface area contributed by atoms with Gasteiger partial charge in [-0.25, -0.2) is 8.42 Å². The summed E-state index contributed by atoms with van der Waals surface area (Å²) in [6, 6.07) is 5.88. The minimum atomic E-state index is -2.99. The Kier molecular flexibility index (Phi) is 10.7. The third-order valence-corrected chi connectivity index (χ3v) is 6.41. The van der Waals surface area contributed by atoms with Crippen LogP contribution in [-0.4, -0.2) is 65.1 Å². The fourth-order valence-electron chi connectivity index (χ4n) is 3.07. The molecule has 164 valence electrons. The number of amides is 1. The van der Waals surface area contributed by atoms with E-state index in [0.717, 1.165) is 23.3 Å². The second-order valence-corrected chi connectivity index (χ2v) is 9.13. The second kappa shape index (κ2) is 12.2. The van der Waals surface area contributed by atoms with Crippen LogP contribution in [0.5, 0.6) is 5.75 Å². The van der Waals surface area contributed by atoms with Crippen molar-refractivity contribution < 1.29 is 17.9 Å². The SMILES string of the molecule is CN=C(NCCC(=O)NC1CCS(=O)(=O)C1)NCCc1ccc(C)c(OC)c1.I. The average Bonchev–Trinajstić information content (AvgIpc) is 2.99. The van der Waals surface area contributed by atoms with Crippen molar-refractivity contribution in [2.24, 2.45) is 4.99 Å². The number of nitrogens with zero attached hydrogens (tertiary/aromatic N) is 1. The van der Waals surface area contributed by atoms with Crippen LogP contribution < -0.4 is 20.7 Å². The minimum absolute atomic E-state index is 0. The predicted octanol–water partition coefficient (Wildman–Crippen LogP) is 1.02. The Bertz CT molecular complexity index is 814. The smallest absolute Gasteiger partial charge is 0.222 e. The van der Waals surface area contributed by atoms with Crippen molar-refractivity contribution in [3.8, 4) is 5.75 Å². The number of carbonyl (C=O) groups is 1. The van der Waals surface area contributed by atoms with Gasteiger partial charge in [0.05, 0.1) is 18.6 Å². The van der Waals surface area contributed by atoms with E-state index < -0.39 is 9.84 Å². The molecule has 1 unspecified atom stereocenters. The molecule has 10 heteroatoms. The number of rotatable bonds is 8. The first-order chi connectivity index (χ1) is 13.3. The molecule has 3 N–H and O–H groups in total. The molecule has 1 aliphatic rings. The molecular weight excluding hydrogens is 507 g/mol. The normalized spacial score (nSPS) is 17.9. The zero-order valence-electron chi connectivity index (χ0n) is 17.2. The first kappa shape index (κ1) is 25.5. The van der Waals surface area contributed by atoms with Gasteiger partial charge in [0.25, 0.3) is 0 Å². The Labute approximate surface area is 190 Å². The van der Waals surface area contributed by atoms with E-state index in [1.807, 2.05) is 19.1 Å². The Morgan fingerprint density at radius 2 is 2.00 bits per heavy atom. The van der Waals surface area contributed by atoms with Crippen LogP contribution in [0.3, 0.4) is 0 Å². The molecule has 1 heterocycles. The summed E-state index contributed by atoms with van der Waals surface area (Å²) in [5.74, 6) is 1.53. The van der Waals surface area contributed by atoms with Crippen molar-refractivity contribution in [2.75, 3.05) is 38.8 Å². The monoisotopic (exact) mass is 538 g/mol. The average molecular weight is 538 g/mol. The summed E-state index contributed by atoms with van der Waals surface area (Å²) >= 11 is 0. The number of sulfone groups is 1. The second-order valence-electron chi connectivity index (χ2n) is 6.90. The maximum absolute atomic E-state index is 11.9. The molecule has 0 bridgehead atoms. The third-order valence-electron chi connectivity index (χ3n) is 4.64. The fourth-order valence-corrected chi connectivity index (χ4v) is 4.74. The molecule has 0 spiro atoms. The van der Waals surface area contributed by atoms with Gasteiger partial charge in [-0.2, -0.15) is 0 Å². The molecule has 8 nitrogen and oxygen atoms in total. The van der Waals surface area contributed by atoms with Crippen LogP contribution in [0.25, 0.3) is 0 Å². The van der Waals surface area contributed by atoms with E-state index in [2.05, 4.69) is 27.0 Å². The molecule has 1 aromatic carbocycles. The molecule has 1 aromatic rings. The summed E-state index contributed by atoms with van der Waals surface area (Å²) in [7, 11) is 0.352. The zero-order chi connectivity index (χ0) is 20.6. The van der Waals surface area contributed by atoms with Crippen LogP contribution in [0.15, 0.2) is 23.2 Å². The van der Waals surface area contributed by atoms with Gasteiger partial charge in [0.15, 0.2) is 15.8 Å². The molecule has 1 atom stereocenters. The number of hydrogen-bond donors (Lipinski definition) is 3. The maximum atomic E-state index is 11.9. The van der Waals surface area contributed by atoms with Gasteiger partial charge < -0.3 is 20.7 Å². The Balaban J connectivity index is 0.00000420. The van der Waals surface area contributed by atoms with Crippen LogP contribution in [0.4, 0.5) is 0 Å². The van der Waals surface area contributed by atoms with Crippen LogP contribution in [0, 0.1) is 6.92 Å². The zero-order valence-corrected chi connectivity index (χ0v) is 20.3. The van der Waals surface area contributed by atoms with Gasteiger partial charge in [0.2, 0.25) is 5.91 Å². The number of ether oxygens (including phenoxy) is 1. The Morgan fingerprint density at radius 1 is 1.28 bits per heavy atom. The van der Waals surface area contributed by atoms with E-state index in [9.17, 15) is 13.2 Å². The summed E-state index contributed by atoms with van der Waals surface area (Å²) < 4.78 is 28.2. The van der Waals surface area contributed by atoms with E-state index >= 15 is 0 Å². The van der Waals surface area contributed by atoms with Crippen molar-refractivity contribution >= 4 is 45.7 Å². The van der Waals surface area contributed by atoms with Gasteiger partial charge in [0, 0.05) is 32.6 Å². The highest BCUT2D eigenvalue weighted by Crippen LogP contribution is 2.19. The molecule has 1 saturated heterocycles. The highest BCUT2D eigenvalue weighted by Gasteiger charge is 2.28. The Hall–Kier alpha value is -1.56. The summed E-state index contributed by atoms with van der Waals surface area (Å²) in [4.78, 5) is 16.1. The lowest BCUT2D eigenvalue weighted by Crippen LogP contribution is -2.41. The maximum Gasteiger partial charge on any atom is 0.222 e. The van der Waals surface area contributed by atoms with Crippen LogP contribution >= 0.6 is 24.0 Å². The number of carbonyl (C=O) groups excluding carboxylic acids is 1. The molecule has 2 rings (SSSR count). The quantitative estimate of drug-likeness (QED) is 0.259. The van der Waals surface area contributed by atoms with E-state index in [4.69, 9.17) is 4.74 Å². The van der Waals surface area contributed by atoms with Gasteiger partial charge in [-0.15, -0.1) is 24.0 Å². The number of methoxy groups -OCH3 is 1. The van der Waals surface area contributed by atoms with Gasteiger partial charge >= 0.3 is 0 Å². The largest absolute Gasteiger partial charge is 0.496 e. The van der Waals surface area contributed by atoms with Gasteiger partial charge in [-0.05, 0) is 37.0 Å². The van der Waals surface area contributed by atoms with Crippen LogP contribution in [-0.2, 0) is 21.1 Å². The lowest BCUT2D eigenvalue weighted by Gasteiger charge is -2.14. The van der Waals surface area contributed by atoms with E-state index in [1.54, 1.807) is 14.2 Å². The van der Waals surface area contributed by atoms with Gasteiger partial charge in [0.1, 0.15) is 5.75 Å². The first-order valence-corrected chi connectivity index (χ1v) is 11.2. The molecule has 29 heavy (non-hydrogen) atoms. The number of aliphatic imine (C=N–C) groups is 1. The molecule has 1 amide bonds. The minimum Gasteiger partial charge on any atom is -0.496 e. The topological polar surface area (TPSA) is 109 Å². The number of benzene rings is 1. The molecule has 0 radical (unpaired) electrons. The number of aryl methyl sites for hydroxylation is 1.